The highest BCUT2D eigenvalue weighted by atomic mass is 35.5. The normalized spacial score (nSPS) is 16.4. The molecule has 0 radical (unpaired) electrons. The predicted molar refractivity (Wildman–Crippen MR) is 86.1 cm³/mol. The quantitative estimate of drug-likeness (QED) is 0.487. The lowest BCUT2D eigenvalue weighted by Crippen LogP contribution is -2.25. The summed E-state index contributed by atoms with van der Waals surface area (Å²) in [7, 11) is 1.29. The molecule has 0 saturated carbocycles. The number of esters is 1. The molecule has 5 heteroatoms. The maximum absolute atomic E-state index is 12.6. The van der Waals surface area contributed by atoms with E-state index < -0.39 is 5.97 Å². The van der Waals surface area contributed by atoms with Crippen molar-refractivity contribution in [1.29, 1.82) is 0 Å². The number of allylic oxidation sites excluding steroid dienone is 1. The van der Waals surface area contributed by atoms with Gasteiger partial charge in [0.25, 0.3) is 5.91 Å². The van der Waals surface area contributed by atoms with Gasteiger partial charge in [-0.05, 0) is 24.6 Å². The Hall–Kier alpha value is -2.33. The first-order valence-electron chi connectivity index (χ1n) is 6.69. The Balaban J connectivity index is 2.58. The second kappa shape index (κ2) is 6.62. The standard InChI is InChI=1S/C17H16ClNO3/c1-4-9-19-11(2)15(17(21)22-3)13(16(19)20)10-12-7-5-6-8-14(12)18/h4-8,10H,1,9H2,2-3H3. The summed E-state index contributed by atoms with van der Waals surface area (Å²) in [6, 6.07) is 7.12. The number of nitrogens with zero attached hydrogens (tertiary/aromatic N) is 1. The summed E-state index contributed by atoms with van der Waals surface area (Å²) in [5, 5.41) is 0.506. The molecular formula is C17H16ClNO3. The minimum Gasteiger partial charge on any atom is -0.465 e. The molecule has 0 bridgehead atoms. The molecule has 0 unspecified atom stereocenters. The molecular weight excluding hydrogens is 302 g/mol. The Labute approximate surface area is 134 Å². The summed E-state index contributed by atoms with van der Waals surface area (Å²) in [6.45, 7) is 5.67. The van der Waals surface area contributed by atoms with Crippen LogP contribution in [0.4, 0.5) is 0 Å². The van der Waals surface area contributed by atoms with Crippen molar-refractivity contribution in [1.82, 2.24) is 4.90 Å². The van der Waals surface area contributed by atoms with Crippen LogP contribution in [-0.4, -0.2) is 30.4 Å². The summed E-state index contributed by atoms with van der Waals surface area (Å²) >= 11 is 6.13. The monoisotopic (exact) mass is 317 g/mol. The minimum absolute atomic E-state index is 0.259. The highest BCUT2D eigenvalue weighted by Crippen LogP contribution is 2.32. The van der Waals surface area contributed by atoms with Crippen LogP contribution in [0.5, 0.6) is 0 Å². The largest absolute Gasteiger partial charge is 0.465 e. The molecule has 0 fully saturated rings. The van der Waals surface area contributed by atoms with E-state index in [1.165, 1.54) is 12.0 Å². The van der Waals surface area contributed by atoms with Gasteiger partial charge < -0.3 is 9.64 Å². The number of amides is 1. The number of carbonyl (C=O) groups is 2. The molecule has 114 valence electrons. The molecule has 0 aromatic heterocycles. The number of carbonyl (C=O) groups excluding carboxylic acids is 2. The number of halogens is 1. The van der Waals surface area contributed by atoms with Crippen LogP contribution < -0.4 is 0 Å². The maximum Gasteiger partial charge on any atom is 0.340 e. The van der Waals surface area contributed by atoms with E-state index in [0.29, 0.717) is 22.8 Å². The van der Waals surface area contributed by atoms with Gasteiger partial charge >= 0.3 is 5.97 Å². The molecule has 1 heterocycles. The highest BCUT2D eigenvalue weighted by Gasteiger charge is 2.36. The van der Waals surface area contributed by atoms with Gasteiger partial charge in [-0.2, -0.15) is 0 Å². The van der Waals surface area contributed by atoms with Crippen LogP contribution in [0.25, 0.3) is 6.08 Å². The third-order valence-electron chi connectivity index (χ3n) is 3.42. The summed E-state index contributed by atoms with van der Waals surface area (Å²) in [5.41, 5.74) is 1.76. The molecule has 0 saturated heterocycles. The lowest BCUT2D eigenvalue weighted by Gasteiger charge is -2.14. The molecule has 1 amide bonds. The average Bonchev–Trinajstić information content (AvgIpc) is 2.74. The Morgan fingerprint density at radius 3 is 2.68 bits per heavy atom. The van der Waals surface area contributed by atoms with Crippen molar-refractivity contribution in [2.45, 2.75) is 6.92 Å². The van der Waals surface area contributed by atoms with Gasteiger partial charge in [0.15, 0.2) is 0 Å². The van der Waals surface area contributed by atoms with Gasteiger partial charge in [-0.15, -0.1) is 6.58 Å². The first-order chi connectivity index (χ1) is 10.5. The van der Waals surface area contributed by atoms with Crippen molar-refractivity contribution >= 4 is 29.6 Å². The molecule has 2 rings (SSSR count). The van der Waals surface area contributed by atoms with Gasteiger partial charge in [0.05, 0.1) is 18.3 Å². The van der Waals surface area contributed by atoms with Crippen molar-refractivity contribution in [3.8, 4) is 0 Å². The van der Waals surface area contributed by atoms with Crippen LogP contribution in [0.1, 0.15) is 12.5 Å². The molecule has 0 spiro atoms. The van der Waals surface area contributed by atoms with E-state index in [0.717, 1.165) is 0 Å². The van der Waals surface area contributed by atoms with Gasteiger partial charge in [0, 0.05) is 17.3 Å². The van der Waals surface area contributed by atoms with Crippen molar-refractivity contribution < 1.29 is 14.3 Å². The second-order valence-electron chi connectivity index (χ2n) is 4.74. The summed E-state index contributed by atoms with van der Waals surface area (Å²) < 4.78 is 4.80. The number of hydrogen-bond acceptors (Lipinski definition) is 3. The molecule has 0 aliphatic carbocycles. The van der Waals surface area contributed by atoms with E-state index in [9.17, 15) is 9.59 Å². The fourth-order valence-corrected chi connectivity index (χ4v) is 2.52. The zero-order valence-corrected chi connectivity index (χ0v) is 13.2. The molecule has 22 heavy (non-hydrogen) atoms. The Kier molecular flexibility index (Phi) is 4.83. The molecule has 1 aliphatic rings. The third kappa shape index (κ3) is 2.83. The number of methoxy groups -OCH3 is 1. The zero-order chi connectivity index (χ0) is 16.3. The van der Waals surface area contributed by atoms with Crippen LogP contribution in [0.15, 0.2) is 53.8 Å². The minimum atomic E-state index is -0.546. The SMILES string of the molecule is C=CCN1C(=O)C(=Cc2ccccc2Cl)C(C(=O)OC)=C1C. The van der Waals surface area contributed by atoms with E-state index in [4.69, 9.17) is 16.3 Å². The first kappa shape index (κ1) is 16.0. The number of hydrogen-bond donors (Lipinski definition) is 0. The van der Waals surface area contributed by atoms with Crippen LogP contribution in [0, 0.1) is 0 Å². The third-order valence-corrected chi connectivity index (χ3v) is 3.76. The van der Waals surface area contributed by atoms with E-state index in [2.05, 4.69) is 6.58 Å². The van der Waals surface area contributed by atoms with Crippen LogP contribution in [-0.2, 0) is 14.3 Å². The predicted octanol–water partition coefficient (Wildman–Crippen LogP) is 3.20. The molecule has 4 nitrogen and oxygen atoms in total. The van der Waals surface area contributed by atoms with Crippen LogP contribution >= 0.6 is 11.6 Å². The fourth-order valence-electron chi connectivity index (χ4n) is 2.32. The highest BCUT2D eigenvalue weighted by molar-refractivity contribution is 6.32. The van der Waals surface area contributed by atoms with E-state index in [-0.39, 0.29) is 17.1 Å². The zero-order valence-electron chi connectivity index (χ0n) is 12.4. The van der Waals surface area contributed by atoms with Crippen molar-refractivity contribution in [2.75, 3.05) is 13.7 Å². The van der Waals surface area contributed by atoms with E-state index in [1.54, 1.807) is 37.3 Å². The topological polar surface area (TPSA) is 46.6 Å². The van der Waals surface area contributed by atoms with Gasteiger partial charge in [0.1, 0.15) is 0 Å². The first-order valence-corrected chi connectivity index (χ1v) is 7.07. The van der Waals surface area contributed by atoms with Gasteiger partial charge in [-0.25, -0.2) is 4.79 Å². The van der Waals surface area contributed by atoms with Gasteiger partial charge in [-0.1, -0.05) is 35.9 Å². The average molecular weight is 318 g/mol. The Bertz CT molecular complexity index is 704. The van der Waals surface area contributed by atoms with Gasteiger partial charge in [-0.3, -0.25) is 4.79 Å². The van der Waals surface area contributed by atoms with Crippen molar-refractivity contribution in [3.05, 3.63) is 64.3 Å². The fraction of sp³-hybridized carbons (Fsp3) is 0.176. The van der Waals surface area contributed by atoms with E-state index in [1.807, 2.05) is 6.07 Å². The Morgan fingerprint density at radius 1 is 1.41 bits per heavy atom. The van der Waals surface area contributed by atoms with E-state index >= 15 is 0 Å². The smallest absolute Gasteiger partial charge is 0.340 e. The maximum atomic E-state index is 12.6. The van der Waals surface area contributed by atoms with Crippen molar-refractivity contribution in [3.63, 3.8) is 0 Å². The van der Waals surface area contributed by atoms with Crippen LogP contribution in [0.2, 0.25) is 5.02 Å². The summed E-state index contributed by atoms with van der Waals surface area (Å²) in [5.74, 6) is -0.812. The molecule has 0 N–H and O–H groups in total. The summed E-state index contributed by atoms with van der Waals surface area (Å²) in [4.78, 5) is 26.1. The Morgan fingerprint density at radius 2 is 2.09 bits per heavy atom. The molecule has 1 aliphatic heterocycles. The lowest BCUT2D eigenvalue weighted by molar-refractivity contribution is -0.136. The lowest BCUT2D eigenvalue weighted by atomic mass is 10.0. The van der Waals surface area contributed by atoms with Gasteiger partial charge in [0.2, 0.25) is 0 Å². The van der Waals surface area contributed by atoms with Crippen LogP contribution in [0.3, 0.4) is 0 Å². The number of rotatable bonds is 4. The summed E-state index contributed by atoms with van der Waals surface area (Å²) in [6.07, 6.45) is 3.22. The molecule has 1 aromatic rings. The molecule has 1 aromatic carbocycles. The number of ether oxygens (including phenoxy) is 1. The number of benzene rings is 1. The molecule has 0 atom stereocenters. The van der Waals surface area contributed by atoms with Crippen molar-refractivity contribution in [2.24, 2.45) is 0 Å². The second-order valence-corrected chi connectivity index (χ2v) is 5.14.